The molecule has 0 aromatic heterocycles. The highest BCUT2D eigenvalue weighted by Gasteiger charge is 2.36. The summed E-state index contributed by atoms with van der Waals surface area (Å²) in [5.41, 5.74) is 2.24. The van der Waals surface area contributed by atoms with Gasteiger partial charge in [-0.1, -0.05) is 30.3 Å². The Labute approximate surface area is 169 Å². The van der Waals surface area contributed by atoms with Gasteiger partial charge in [0.25, 0.3) is 0 Å². The normalized spacial score (nSPS) is 21.5. The summed E-state index contributed by atoms with van der Waals surface area (Å²) in [7, 11) is -3.13. The van der Waals surface area contributed by atoms with Crippen LogP contribution >= 0.6 is 0 Å². The van der Waals surface area contributed by atoms with Crippen molar-refractivity contribution in [1.29, 1.82) is 0 Å². The molecule has 156 valence electrons. The molecule has 28 heavy (non-hydrogen) atoms. The predicted molar refractivity (Wildman–Crippen MR) is 113 cm³/mol. The van der Waals surface area contributed by atoms with E-state index in [1.165, 1.54) is 0 Å². The molecule has 1 fully saturated rings. The van der Waals surface area contributed by atoms with Crippen LogP contribution in [-0.4, -0.2) is 35.6 Å². The molecule has 1 N–H and O–H groups in total. The van der Waals surface area contributed by atoms with Crippen molar-refractivity contribution < 1.29 is 18.4 Å². The number of sulfone groups is 1. The zero-order valence-electron chi connectivity index (χ0n) is 17.4. The standard InChI is InChI=1S/C22H33NO4S/c1-5-22(3,4)28(26,27)15-17-9-11-19(12-10-17)21(24)14-18-7-6-8-20(13-18)16(2)23-25/h6-8,13,17,19,25H,5,9-12,14-15H2,1-4H3/b23-16+. The van der Waals surface area contributed by atoms with E-state index in [1.807, 2.05) is 31.2 Å². The van der Waals surface area contributed by atoms with Crippen LogP contribution in [0.3, 0.4) is 0 Å². The molecule has 2 rings (SSSR count). The largest absolute Gasteiger partial charge is 0.411 e. The van der Waals surface area contributed by atoms with Crippen LogP contribution in [-0.2, 0) is 21.1 Å². The molecule has 0 bridgehead atoms. The van der Waals surface area contributed by atoms with Crippen LogP contribution in [0.1, 0.15) is 70.9 Å². The fourth-order valence-corrected chi connectivity index (χ4v) is 5.56. The third-order valence-corrected chi connectivity index (χ3v) is 9.21. The number of hydrogen-bond acceptors (Lipinski definition) is 5. The highest BCUT2D eigenvalue weighted by atomic mass is 32.2. The Morgan fingerprint density at radius 3 is 2.43 bits per heavy atom. The SMILES string of the molecule is CCC(C)(C)S(=O)(=O)CC1CCC(C(=O)Cc2cccc(/C(C)=N/O)c2)CC1. The van der Waals surface area contributed by atoms with Gasteiger partial charge >= 0.3 is 0 Å². The van der Waals surface area contributed by atoms with Gasteiger partial charge in [0.1, 0.15) is 5.78 Å². The summed E-state index contributed by atoms with van der Waals surface area (Å²) in [5, 5.41) is 12.1. The molecule has 0 heterocycles. The smallest absolute Gasteiger partial charge is 0.155 e. The molecule has 0 radical (unpaired) electrons. The maximum absolute atomic E-state index is 12.7. The lowest BCUT2D eigenvalue weighted by atomic mass is 9.79. The molecule has 1 saturated carbocycles. The second kappa shape index (κ2) is 9.21. The molecular formula is C22H33NO4S. The van der Waals surface area contributed by atoms with Crippen molar-refractivity contribution in [1.82, 2.24) is 0 Å². The lowest BCUT2D eigenvalue weighted by Gasteiger charge is -2.31. The maximum Gasteiger partial charge on any atom is 0.155 e. The van der Waals surface area contributed by atoms with Gasteiger partial charge < -0.3 is 5.21 Å². The van der Waals surface area contributed by atoms with Gasteiger partial charge in [-0.2, -0.15) is 0 Å². The summed E-state index contributed by atoms with van der Waals surface area (Å²) in [6, 6.07) is 7.52. The average Bonchev–Trinajstić information content (AvgIpc) is 2.67. The zero-order chi connectivity index (χ0) is 20.9. The number of hydrogen-bond donors (Lipinski definition) is 1. The molecular weight excluding hydrogens is 374 g/mol. The first kappa shape index (κ1) is 22.6. The Morgan fingerprint density at radius 1 is 1.21 bits per heavy atom. The topological polar surface area (TPSA) is 83.8 Å². The Morgan fingerprint density at radius 2 is 1.86 bits per heavy atom. The first-order chi connectivity index (χ1) is 13.1. The van der Waals surface area contributed by atoms with Gasteiger partial charge in [-0.3, -0.25) is 4.79 Å². The van der Waals surface area contributed by atoms with E-state index < -0.39 is 14.6 Å². The number of nitrogens with zero attached hydrogens (tertiary/aromatic N) is 1. The molecule has 0 spiro atoms. The number of Topliss-reactive ketones (excluding diaryl/α,β-unsaturated/α-hetero) is 1. The highest BCUT2D eigenvalue weighted by Crippen LogP contribution is 2.33. The Bertz CT molecular complexity index is 819. The maximum atomic E-state index is 12.7. The van der Waals surface area contributed by atoms with E-state index >= 15 is 0 Å². The van der Waals surface area contributed by atoms with Crippen LogP contribution in [0.4, 0.5) is 0 Å². The highest BCUT2D eigenvalue weighted by molar-refractivity contribution is 7.92. The third-order valence-electron chi connectivity index (χ3n) is 6.32. The van der Waals surface area contributed by atoms with Crippen molar-refractivity contribution in [3.63, 3.8) is 0 Å². The Hall–Kier alpha value is -1.69. The summed E-state index contributed by atoms with van der Waals surface area (Å²) in [5.74, 6) is 0.614. The summed E-state index contributed by atoms with van der Waals surface area (Å²) in [6.07, 6.45) is 4.11. The van der Waals surface area contributed by atoms with Crippen LogP contribution < -0.4 is 0 Å². The third kappa shape index (κ3) is 5.43. The van der Waals surface area contributed by atoms with Crippen molar-refractivity contribution in [3.05, 3.63) is 35.4 Å². The predicted octanol–water partition coefficient (Wildman–Crippen LogP) is 4.41. The molecule has 0 aliphatic heterocycles. The van der Waals surface area contributed by atoms with Gasteiger partial charge in [-0.15, -0.1) is 0 Å². The number of carbonyl (C=O) groups is 1. The first-order valence-corrected chi connectivity index (χ1v) is 11.8. The molecule has 5 nitrogen and oxygen atoms in total. The number of benzene rings is 1. The first-order valence-electron chi connectivity index (χ1n) is 10.1. The Balaban J connectivity index is 1.92. The van der Waals surface area contributed by atoms with Crippen molar-refractivity contribution in [2.24, 2.45) is 17.0 Å². The van der Waals surface area contributed by atoms with E-state index in [0.29, 0.717) is 18.6 Å². The minimum Gasteiger partial charge on any atom is -0.411 e. The van der Waals surface area contributed by atoms with E-state index in [0.717, 1.165) is 36.8 Å². The Kier molecular flexibility index (Phi) is 7.43. The van der Waals surface area contributed by atoms with Crippen LogP contribution in [0.5, 0.6) is 0 Å². The van der Waals surface area contributed by atoms with E-state index in [9.17, 15) is 13.2 Å². The molecule has 1 aromatic rings. The fourth-order valence-electron chi connectivity index (χ4n) is 3.72. The quantitative estimate of drug-likeness (QED) is 0.393. The minimum atomic E-state index is -3.13. The van der Waals surface area contributed by atoms with Crippen molar-refractivity contribution in [2.45, 2.75) is 71.0 Å². The van der Waals surface area contributed by atoms with Crippen molar-refractivity contribution >= 4 is 21.3 Å². The number of carbonyl (C=O) groups excluding carboxylic acids is 1. The summed E-state index contributed by atoms with van der Waals surface area (Å²) >= 11 is 0. The van der Waals surface area contributed by atoms with Crippen LogP contribution in [0.15, 0.2) is 29.4 Å². The van der Waals surface area contributed by atoms with Gasteiger partial charge in [0, 0.05) is 12.3 Å². The fraction of sp³-hybridized carbons (Fsp3) is 0.636. The van der Waals surface area contributed by atoms with Crippen LogP contribution in [0, 0.1) is 11.8 Å². The monoisotopic (exact) mass is 407 g/mol. The second-order valence-electron chi connectivity index (χ2n) is 8.64. The molecule has 6 heteroatoms. The van der Waals surface area contributed by atoms with Gasteiger partial charge in [0.15, 0.2) is 9.84 Å². The lowest BCUT2D eigenvalue weighted by molar-refractivity contribution is -0.123. The van der Waals surface area contributed by atoms with E-state index in [-0.39, 0.29) is 23.4 Å². The molecule has 1 aromatic carbocycles. The molecule has 1 aliphatic rings. The number of oxime groups is 1. The summed E-state index contributed by atoms with van der Waals surface area (Å²) < 4.78 is 24.6. The number of ketones is 1. The van der Waals surface area contributed by atoms with E-state index in [1.54, 1.807) is 20.8 Å². The second-order valence-corrected chi connectivity index (χ2v) is 11.3. The van der Waals surface area contributed by atoms with Gasteiger partial charge in [0.05, 0.1) is 16.2 Å². The average molecular weight is 408 g/mol. The minimum absolute atomic E-state index is 0.00870. The summed E-state index contributed by atoms with van der Waals surface area (Å²) in [6.45, 7) is 7.23. The van der Waals surface area contributed by atoms with Gasteiger partial charge in [-0.05, 0) is 76.0 Å². The van der Waals surface area contributed by atoms with E-state index in [2.05, 4.69) is 5.16 Å². The van der Waals surface area contributed by atoms with Crippen LogP contribution in [0.25, 0.3) is 0 Å². The molecule has 0 atom stereocenters. The summed E-state index contributed by atoms with van der Waals surface area (Å²) in [4.78, 5) is 12.7. The van der Waals surface area contributed by atoms with Crippen molar-refractivity contribution in [2.75, 3.05) is 5.75 Å². The van der Waals surface area contributed by atoms with Crippen molar-refractivity contribution in [3.8, 4) is 0 Å². The molecule has 1 aliphatic carbocycles. The van der Waals surface area contributed by atoms with E-state index in [4.69, 9.17) is 5.21 Å². The lowest BCUT2D eigenvalue weighted by Crippen LogP contribution is -2.37. The molecule has 0 amide bonds. The van der Waals surface area contributed by atoms with Gasteiger partial charge in [0.2, 0.25) is 0 Å². The number of rotatable bonds is 8. The zero-order valence-corrected chi connectivity index (χ0v) is 18.3. The van der Waals surface area contributed by atoms with Crippen LogP contribution in [0.2, 0.25) is 0 Å². The molecule has 0 saturated heterocycles. The van der Waals surface area contributed by atoms with Gasteiger partial charge in [-0.25, -0.2) is 8.42 Å². The molecule has 0 unspecified atom stereocenters.